The van der Waals surface area contributed by atoms with Crippen LogP contribution in [0.4, 0.5) is 5.69 Å². The van der Waals surface area contributed by atoms with Crippen LogP contribution in [0, 0.1) is 0 Å². The average molecular weight is 240 g/mol. The van der Waals surface area contributed by atoms with E-state index in [1.807, 2.05) is 6.92 Å². The number of pyridine rings is 1. The highest BCUT2D eigenvalue weighted by atomic mass is 35.5. The van der Waals surface area contributed by atoms with E-state index in [0.717, 1.165) is 0 Å². The minimum Gasteiger partial charge on any atom is -0.397 e. The molecule has 3 N–H and O–H groups in total. The summed E-state index contributed by atoms with van der Waals surface area (Å²) in [6.45, 7) is 5.48. The van der Waals surface area contributed by atoms with E-state index >= 15 is 0 Å². The van der Waals surface area contributed by atoms with Gasteiger partial charge in [0, 0.05) is 6.04 Å². The molecule has 0 aromatic carbocycles. The number of anilines is 1. The Hall–Kier alpha value is -1.55. The van der Waals surface area contributed by atoms with Gasteiger partial charge in [0.05, 0.1) is 17.4 Å². The van der Waals surface area contributed by atoms with E-state index in [-0.39, 0.29) is 22.7 Å². The Balaban J connectivity index is 2.80. The lowest BCUT2D eigenvalue weighted by molar-refractivity contribution is 0.0940. The smallest absolute Gasteiger partial charge is 0.254 e. The predicted octanol–water partition coefficient (Wildman–Crippen LogP) is 2.01. The third-order valence-corrected chi connectivity index (χ3v) is 2.30. The molecule has 1 amide bonds. The summed E-state index contributed by atoms with van der Waals surface area (Å²) in [5.41, 5.74) is 6.24. The van der Waals surface area contributed by atoms with Crippen molar-refractivity contribution in [3.05, 3.63) is 35.6 Å². The summed E-state index contributed by atoms with van der Waals surface area (Å²) in [6.07, 6.45) is 3.84. The Morgan fingerprint density at radius 3 is 3.12 bits per heavy atom. The molecule has 0 aliphatic rings. The van der Waals surface area contributed by atoms with Crippen molar-refractivity contribution < 1.29 is 4.79 Å². The Bertz CT molecular complexity index is 406. The number of rotatable bonds is 4. The van der Waals surface area contributed by atoms with Crippen molar-refractivity contribution in [2.24, 2.45) is 0 Å². The first-order valence-corrected chi connectivity index (χ1v) is 5.25. The lowest BCUT2D eigenvalue weighted by Gasteiger charge is -2.12. The van der Waals surface area contributed by atoms with Crippen LogP contribution >= 0.6 is 11.6 Å². The summed E-state index contributed by atoms with van der Waals surface area (Å²) in [5.74, 6) is -0.279. The number of carbonyl (C=O) groups is 1. The number of aromatic nitrogens is 1. The summed E-state index contributed by atoms with van der Waals surface area (Å²) in [7, 11) is 0. The van der Waals surface area contributed by atoms with E-state index in [0.29, 0.717) is 12.1 Å². The maximum Gasteiger partial charge on any atom is 0.254 e. The summed E-state index contributed by atoms with van der Waals surface area (Å²) in [5, 5.41) is 2.93. The van der Waals surface area contributed by atoms with Crippen molar-refractivity contribution in [1.29, 1.82) is 0 Å². The standard InChI is InChI=1S/C11H14ClN3O/c1-3-4-7(2)15-11(16)9-5-8(13)6-14-10(9)12/h3,5-7H,1,4,13H2,2H3,(H,15,16). The van der Waals surface area contributed by atoms with Crippen molar-refractivity contribution >= 4 is 23.2 Å². The topological polar surface area (TPSA) is 68.0 Å². The predicted molar refractivity (Wildman–Crippen MR) is 65.4 cm³/mol. The second-order valence-corrected chi connectivity index (χ2v) is 3.86. The number of nitrogens with one attached hydrogen (secondary N) is 1. The van der Waals surface area contributed by atoms with E-state index in [9.17, 15) is 4.79 Å². The van der Waals surface area contributed by atoms with Crippen molar-refractivity contribution in [2.75, 3.05) is 5.73 Å². The molecule has 0 fully saturated rings. The van der Waals surface area contributed by atoms with Crippen LogP contribution in [0.15, 0.2) is 24.9 Å². The molecule has 0 radical (unpaired) electrons. The zero-order valence-corrected chi connectivity index (χ0v) is 9.79. The molecule has 0 saturated heterocycles. The van der Waals surface area contributed by atoms with Gasteiger partial charge in [0.1, 0.15) is 5.15 Å². The lowest BCUT2D eigenvalue weighted by atomic mass is 10.2. The van der Waals surface area contributed by atoms with Crippen molar-refractivity contribution in [2.45, 2.75) is 19.4 Å². The van der Waals surface area contributed by atoms with Crippen LogP contribution in [0.1, 0.15) is 23.7 Å². The van der Waals surface area contributed by atoms with Crippen LogP contribution < -0.4 is 11.1 Å². The zero-order valence-electron chi connectivity index (χ0n) is 9.03. The Morgan fingerprint density at radius 1 is 1.81 bits per heavy atom. The van der Waals surface area contributed by atoms with Gasteiger partial charge in [-0.15, -0.1) is 6.58 Å². The van der Waals surface area contributed by atoms with Crippen LogP contribution in [0.3, 0.4) is 0 Å². The molecule has 1 aromatic heterocycles. The fourth-order valence-corrected chi connectivity index (χ4v) is 1.42. The van der Waals surface area contributed by atoms with Crippen LogP contribution in [0.2, 0.25) is 5.15 Å². The molecule has 5 heteroatoms. The van der Waals surface area contributed by atoms with Crippen molar-refractivity contribution in [3.63, 3.8) is 0 Å². The van der Waals surface area contributed by atoms with Crippen molar-refractivity contribution in [3.8, 4) is 0 Å². The molecule has 0 saturated carbocycles. The third kappa shape index (κ3) is 3.24. The number of nitrogens with two attached hydrogens (primary N) is 1. The Kier molecular flexibility index (Phi) is 4.31. The van der Waals surface area contributed by atoms with Gasteiger partial charge in [-0.05, 0) is 19.4 Å². The molecule has 1 heterocycles. The van der Waals surface area contributed by atoms with Gasteiger partial charge >= 0.3 is 0 Å². The largest absolute Gasteiger partial charge is 0.397 e. The first-order valence-electron chi connectivity index (χ1n) is 4.87. The number of halogens is 1. The third-order valence-electron chi connectivity index (χ3n) is 2.00. The molecule has 86 valence electrons. The summed E-state index contributed by atoms with van der Waals surface area (Å²) in [4.78, 5) is 15.6. The van der Waals surface area contributed by atoms with E-state index in [1.54, 1.807) is 6.08 Å². The maximum absolute atomic E-state index is 11.8. The average Bonchev–Trinajstić information content (AvgIpc) is 2.21. The van der Waals surface area contributed by atoms with Gasteiger partial charge in [-0.2, -0.15) is 0 Å². The first kappa shape index (κ1) is 12.5. The lowest BCUT2D eigenvalue weighted by Crippen LogP contribution is -2.32. The van der Waals surface area contributed by atoms with Gasteiger partial charge in [-0.25, -0.2) is 4.98 Å². The van der Waals surface area contributed by atoms with Crippen LogP contribution in [-0.4, -0.2) is 16.9 Å². The molecular formula is C11H14ClN3O. The molecule has 4 nitrogen and oxygen atoms in total. The normalized spacial score (nSPS) is 11.9. The first-order chi connectivity index (χ1) is 7.54. The van der Waals surface area contributed by atoms with Gasteiger partial charge in [-0.1, -0.05) is 17.7 Å². The second kappa shape index (κ2) is 5.51. The Morgan fingerprint density at radius 2 is 2.50 bits per heavy atom. The van der Waals surface area contributed by atoms with Gasteiger partial charge in [0.25, 0.3) is 5.91 Å². The summed E-state index contributed by atoms with van der Waals surface area (Å²) < 4.78 is 0. The van der Waals surface area contributed by atoms with E-state index in [1.165, 1.54) is 12.3 Å². The SMILES string of the molecule is C=CCC(C)NC(=O)c1cc(N)cnc1Cl. The Labute approximate surface area is 99.5 Å². The van der Waals surface area contributed by atoms with Crippen molar-refractivity contribution in [1.82, 2.24) is 10.3 Å². The van der Waals surface area contributed by atoms with Gasteiger partial charge in [-0.3, -0.25) is 4.79 Å². The van der Waals surface area contributed by atoms with Crippen LogP contribution in [0.5, 0.6) is 0 Å². The number of hydrogen-bond donors (Lipinski definition) is 2. The van der Waals surface area contributed by atoms with Crippen LogP contribution in [0.25, 0.3) is 0 Å². The van der Waals surface area contributed by atoms with E-state index in [2.05, 4.69) is 16.9 Å². The molecule has 16 heavy (non-hydrogen) atoms. The minimum atomic E-state index is -0.279. The van der Waals surface area contributed by atoms with Crippen LogP contribution in [-0.2, 0) is 0 Å². The van der Waals surface area contributed by atoms with Gasteiger partial charge in [0.2, 0.25) is 0 Å². The molecule has 0 aliphatic heterocycles. The highest BCUT2D eigenvalue weighted by Crippen LogP contribution is 2.15. The molecule has 1 unspecified atom stereocenters. The monoisotopic (exact) mass is 239 g/mol. The number of nitrogen functional groups attached to an aromatic ring is 1. The minimum absolute atomic E-state index is 0.00231. The van der Waals surface area contributed by atoms with E-state index < -0.39 is 0 Å². The molecule has 1 rings (SSSR count). The number of carbonyl (C=O) groups excluding carboxylic acids is 1. The number of amides is 1. The maximum atomic E-state index is 11.8. The fourth-order valence-electron chi connectivity index (χ4n) is 1.23. The van der Waals surface area contributed by atoms with E-state index in [4.69, 9.17) is 17.3 Å². The molecule has 0 aliphatic carbocycles. The molecule has 0 spiro atoms. The van der Waals surface area contributed by atoms with Gasteiger partial charge in [0.15, 0.2) is 0 Å². The second-order valence-electron chi connectivity index (χ2n) is 3.51. The summed E-state index contributed by atoms with van der Waals surface area (Å²) in [6, 6.07) is 1.51. The highest BCUT2D eigenvalue weighted by Gasteiger charge is 2.13. The zero-order chi connectivity index (χ0) is 12.1. The molecule has 1 aromatic rings. The molecule has 1 atom stereocenters. The highest BCUT2D eigenvalue weighted by molar-refractivity contribution is 6.32. The summed E-state index contributed by atoms with van der Waals surface area (Å²) >= 11 is 5.80. The fraction of sp³-hybridized carbons (Fsp3) is 0.273. The number of hydrogen-bond acceptors (Lipinski definition) is 3. The quantitative estimate of drug-likeness (QED) is 0.624. The molecular weight excluding hydrogens is 226 g/mol. The number of nitrogens with zero attached hydrogens (tertiary/aromatic N) is 1. The van der Waals surface area contributed by atoms with Gasteiger partial charge < -0.3 is 11.1 Å². The molecule has 0 bridgehead atoms.